The Hall–Kier alpha value is -0.0400. The van der Waals surface area contributed by atoms with Crippen molar-refractivity contribution in [2.45, 2.75) is 85.2 Å². The van der Waals surface area contributed by atoms with Crippen LogP contribution in [0.25, 0.3) is 0 Å². The summed E-state index contributed by atoms with van der Waals surface area (Å²) in [6.45, 7) is 11.8. The molecular formula is C15H31N. The summed E-state index contributed by atoms with van der Waals surface area (Å²) < 4.78 is 0. The van der Waals surface area contributed by atoms with Gasteiger partial charge in [-0.25, -0.2) is 0 Å². The van der Waals surface area contributed by atoms with Gasteiger partial charge >= 0.3 is 0 Å². The van der Waals surface area contributed by atoms with Crippen molar-refractivity contribution in [2.75, 3.05) is 0 Å². The SMILES string of the molecule is CCC(CC)C(C)NC1CCC(C)(C)CC1. The van der Waals surface area contributed by atoms with Gasteiger partial charge in [-0.3, -0.25) is 0 Å². The molecule has 0 aromatic carbocycles. The van der Waals surface area contributed by atoms with E-state index in [9.17, 15) is 0 Å². The third kappa shape index (κ3) is 4.08. The smallest absolute Gasteiger partial charge is 0.00700 e. The molecule has 0 bridgehead atoms. The Bertz CT molecular complexity index is 184. The summed E-state index contributed by atoms with van der Waals surface area (Å²) in [5, 5.41) is 3.86. The fraction of sp³-hybridized carbons (Fsp3) is 1.00. The van der Waals surface area contributed by atoms with Crippen LogP contribution in [0.5, 0.6) is 0 Å². The van der Waals surface area contributed by atoms with Crippen LogP contribution in [0.4, 0.5) is 0 Å². The van der Waals surface area contributed by atoms with E-state index in [2.05, 4.69) is 39.9 Å². The molecule has 1 fully saturated rings. The third-order valence-electron chi connectivity index (χ3n) is 4.59. The molecular weight excluding hydrogens is 194 g/mol. The lowest BCUT2D eigenvalue weighted by molar-refractivity contribution is 0.188. The van der Waals surface area contributed by atoms with Gasteiger partial charge in [-0.2, -0.15) is 0 Å². The normalized spacial score (nSPS) is 23.6. The van der Waals surface area contributed by atoms with Crippen molar-refractivity contribution < 1.29 is 0 Å². The molecule has 0 heterocycles. The minimum absolute atomic E-state index is 0.594. The van der Waals surface area contributed by atoms with Crippen molar-refractivity contribution in [3.63, 3.8) is 0 Å². The lowest BCUT2D eigenvalue weighted by atomic mass is 9.75. The molecule has 1 aliphatic rings. The average Bonchev–Trinajstić information content (AvgIpc) is 2.23. The average molecular weight is 225 g/mol. The maximum atomic E-state index is 3.86. The van der Waals surface area contributed by atoms with E-state index < -0.39 is 0 Å². The molecule has 1 heteroatoms. The predicted molar refractivity (Wildman–Crippen MR) is 72.7 cm³/mol. The van der Waals surface area contributed by atoms with Crippen LogP contribution in [0, 0.1) is 11.3 Å². The Morgan fingerprint density at radius 3 is 2.06 bits per heavy atom. The monoisotopic (exact) mass is 225 g/mol. The molecule has 0 aliphatic heterocycles. The van der Waals surface area contributed by atoms with E-state index in [1.54, 1.807) is 0 Å². The van der Waals surface area contributed by atoms with Crippen LogP contribution >= 0.6 is 0 Å². The molecule has 0 aromatic heterocycles. The molecule has 1 atom stereocenters. The van der Waals surface area contributed by atoms with Gasteiger partial charge in [0.15, 0.2) is 0 Å². The summed E-state index contributed by atoms with van der Waals surface area (Å²) in [6, 6.07) is 1.48. The highest BCUT2D eigenvalue weighted by molar-refractivity contribution is 4.84. The molecule has 1 nitrogen and oxygen atoms in total. The van der Waals surface area contributed by atoms with Crippen LogP contribution < -0.4 is 5.32 Å². The van der Waals surface area contributed by atoms with Crippen molar-refractivity contribution in [1.29, 1.82) is 0 Å². The van der Waals surface area contributed by atoms with Crippen LogP contribution in [-0.4, -0.2) is 12.1 Å². The lowest BCUT2D eigenvalue weighted by Crippen LogP contribution is -2.43. The zero-order valence-electron chi connectivity index (χ0n) is 12.0. The zero-order chi connectivity index (χ0) is 12.2. The van der Waals surface area contributed by atoms with Gasteiger partial charge in [-0.05, 0) is 43.9 Å². The fourth-order valence-corrected chi connectivity index (χ4v) is 3.07. The first kappa shape index (κ1) is 14.0. The topological polar surface area (TPSA) is 12.0 Å². The number of hydrogen-bond acceptors (Lipinski definition) is 1. The summed E-state index contributed by atoms with van der Waals surface area (Å²) in [5.41, 5.74) is 0.594. The van der Waals surface area contributed by atoms with E-state index in [1.807, 2.05) is 0 Å². The van der Waals surface area contributed by atoms with Gasteiger partial charge in [0, 0.05) is 12.1 Å². The second-order valence-corrected chi connectivity index (χ2v) is 6.47. The van der Waals surface area contributed by atoms with Crippen molar-refractivity contribution >= 4 is 0 Å². The van der Waals surface area contributed by atoms with Gasteiger partial charge in [0.1, 0.15) is 0 Å². The minimum atomic E-state index is 0.594. The fourth-order valence-electron chi connectivity index (χ4n) is 3.07. The minimum Gasteiger partial charge on any atom is -0.311 e. The van der Waals surface area contributed by atoms with Crippen LogP contribution in [0.3, 0.4) is 0 Å². The Labute approximate surface area is 102 Å². The largest absolute Gasteiger partial charge is 0.311 e. The molecule has 1 aliphatic carbocycles. The van der Waals surface area contributed by atoms with Gasteiger partial charge in [-0.15, -0.1) is 0 Å². The molecule has 16 heavy (non-hydrogen) atoms. The first-order valence-corrected chi connectivity index (χ1v) is 7.24. The van der Waals surface area contributed by atoms with Gasteiger partial charge in [0.25, 0.3) is 0 Å². The first-order chi connectivity index (χ1) is 7.48. The molecule has 0 radical (unpaired) electrons. The van der Waals surface area contributed by atoms with Crippen LogP contribution in [0.1, 0.15) is 73.1 Å². The zero-order valence-corrected chi connectivity index (χ0v) is 12.0. The Morgan fingerprint density at radius 1 is 1.12 bits per heavy atom. The summed E-state index contributed by atoms with van der Waals surface area (Å²) >= 11 is 0. The molecule has 96 valence electrons. The second-order valence-electron chi connectivity index (χ2n) is 6.47. The maximum Gasteiger partial charge on any atom is 0.00700 e. The van der Waals surface area contributed by atoms with Gasteiger partial charge in [0.05, 0.1) is 0 Å². The Morgan fingerprint density at radius 2 is 1.62 bits per heavy atom. The van der Waals surface area contributed by atoms with Crippen molar-refractivity contribution in [3.8, 4) is 0 Å². The van der Waals surface area contributed by atoms with E-state index in [0.29, 0.717) is 11.5 Å². The Balaban J connectivity index is 2.33. The molecule has 0 saturated heterocycles. The number of hydrogen-bond donors (Lipinski definition) is 1. The van der Waals surface area contributed by atoms with Crippen molar-refractivity contribution in [1.82, 2.24) is 5.32 Å². The predicted octanol–water partition coefficient (Wildman–Crippen LogP) is 4.37. The highest BCUT2D eigenvalue weighted by atomic mass is 15.0. The lowest BCUT2D eigenvalue weighted by Gasteiger charge is -2.37. The van der Waals surface area contributed by atoms with Gasteiger partial charge in [-0.1, -0.05) is 40.5 Å². The van der Waals surface area contributed by atoms with Gasteiger partial charge in [0.2, 0.25) is 0 Å². The standard InChI is InChI=1S/C15H31N/c1-6-13(7-2)12(3)16-14-8-10-15(4,5)11-9-14/h12-14,16H,6-11H2,1-5H3. The molecule has 1 unspecified atom stereocenters. The maximum absolute atomic E-state index is 3.86. The summed E-state index contributed by atoms with van der Waals surface area (Å²) in [6.07, 6.45) is 8.14. The molecule has 0 spiro atoms. The van der Waals surface area contributed by atoms with E-state index in [0.717, 1.165) is 12.0 Å². The van der Waals surface area contributed by atoms with Crippen LogP contribution in [0.2, 0.25) is 0 Å². The number of rotatable bonds is 5. The highest BCUT2D eigenvalue weighted by Crippen LogP contribution is 2.35. The van der Waals surface area contributed by atoms with Crippen molar-refractivity contribution in [2.24, 2.45) is 11.3 Å². The highest BCUT2D eigenvalue weighted by Gasteiger charge is 2.28. The summed E-state index contributed by atoms with van der Waals surface area (Å²) in [7, 11) is 0. The van der Waals surface area contributed by atoms with Crippen LogP contribution in [-0.2, 0) is 0 Å². The number of nitrogens with one attached hydrogen (secondary N) is 1. The molecule has 0 aromatic rings. The Kier molecular flexibility index (Phi) is 5.30. The quantitative estimate of drug-likeness (QED) is 0.732. The first-order valence-electron chi connectivity index (χ1n) is 7.24. The van der Waals surface area contributed by atoms with E-state index >= 15 is 0 Å². The second kappa shape index (κ2) is 6.05. The van der Waals surface area contributed by atoms with Gasteiger partial charge < -0.3 is 5.32 Å². The van der Waals surface area contributed by atoms with Crippen LogP contribution in [0.15, 0.2) is 0 Å². The van der Waals surface area contributed by atoms with E-state index in [4.69, 9.17) is 0 Å². The molecule has 1 rings (SSSR count). The van der Waals surface area contributed by atoms with E-state index in [-0.39, 0.29) is 0 Å². The van der Waals surface area contributed by atoms with E-state index in [1.165, 1.54) is 38.5 Å². The van der Waals surface area contributed by atoms with Crippen molar-refractivity contribution in [3.05, 3.63) is 0 Å². The third-order valence-corrected chi connectivity index (χ3v) is 4.59. The summed E-state index contributed by atoms with van der Waals surface area (Å²) in [5.74, 6) is 0.856. The molecule has 0 amide bonds. The summed E-state index contributed by atoms with van der Waals surface area (Å²) in [4.78, 5) is 0. The molecule has 1 N–H and O–H groups in total. The molecule has 1 saturated carbocycles.